The maximum absolute atomic E-state index is 12.2. The van der Waals surface area contributed by atoms with Crippen LogP contribution >= 0.6 is 0 Å². The molecular formula is C18H25N3O4. The van der Waals surface area contributed by atoms with E-state index in [2.05, 4.69) is 10.6 Å². The fraction of sp³-hybridized carbons (Fsp3) is 0.556. The molecule has 136 valence electrons. The van der Waals surface area contributed by atoms with Gasteiger partial charge in [-0.15, -0.1) is 0 Å². The fourth-order valence-corrected chi connectivity index (χ4v) is 3.18. The molecule has 2 aliphatic heterocycles. The second kappa shape index (κ2) is 7.63. The molecule has 0 saturated carbocycles. The van der Waals surface area contributed by atoms with E-state index in [-0.39, 0.29) is 24.0 Å². The number of carbonyl (C=O) groups excluding carboxylic acids is 2. The molecule has 1 aromatic carbocycles. The molecule has 25 heavy (non-hydrogen) atoms. The third kappa shape index (κ3) is 4.35. The largest absolute Gasteiger partial charge is 0.486 e. The second-order valence-corrected chi connectivity index (χ2v) is 6.52. The van der Waals surface area contributed by atoms with E-state index in [9.17, 15) is 9.59 Å². The summed E-state index contributed by atoms with van der Waals surface area (Å²) in [5.41, 5.74) is 0.964. The molecule has 1 fully saturated rings. The minimum atomic E-state index is -0.191. The van der Waals surface area contributed by atoms with Gasteiger partial charge in [0.05, 0.1) is 6.04 Å². The van der Waals surface area contributed by atoms with E-state index < -0.39 is 0 Å². The van der Waals surface area contributed by atoms with Crippen molar-refractivity contribution in [2.45, 2.75) is 38.8 Å². The van der Waals surface area contributed by atoms with Crippen LogP contribution in [0.15, 0.2) is 18.2 Å². The van der Waals surface area contributed by atoms with Crippen LogP contribution in [-0.4, -0.2) is 49.2 Å². The van der Waals surface area contributed by atoms with Crippen molar-refractivity contribution in [2.24, 2.45) is 0 Å². The Morgan fingerprint density at radius 2 is 1.84 bits per heavy atom. The molecule has 1 aromatic rings. The minimum Gasteiger partial charge on any atom is -0.486 e. The molecule has 1 saturated heterocycles. The number of rotatable bonds is 3. The van der Waals surface area contributed by atoms with Gasteiger partial charge in [-0.25, -0.2) is 4.79 Å². The quantitative estimate of drug-likeness (QED) is 0.874. The average molecular weight is 347 g/mol. The van der Waals surface area contributed by atoms with Gasteiger partial charge < -0.3 is 25.0 Å². The van der Waals surface area contributed by atoms with Gasteiger partial charge in [-0.2, -0.15) is 0 Å². The third-order valence-electron chi connectivity index (χ3n) is 4.69. The van der Waals surface area contributed by atoms with Crippen molar-refractivity contribution in [3.63, 3.8) is 0 Å². The Morgan fingerprint density at radius 3 is 2.52 bits per heavy atom. The van der Waals surface area contributed by atoms with Crippen LogP contribution in [0.1, 0.15) is 38.3 Å². The Balaban J connectivity index is 1.50. The number of benzene rings is 1. The van der Waals surface area contributed by atoms with Gasteiger partial charge in [0.2, 0.25) is 5.91 Å². The zero-order valence-corrected chi connectivity index (χ0v) is 14.7. The second-order valence-electron chi connectivity index (χ2n) is 6.52. The molecule has 1 atom stereocenters. The standard InChI is InChI=1S/C18H25N3O4/c1-12(14-3-4-16-17(11-14)25-10-9-24-16)19-18(23)20-15-5-7-21(8-6-15)13(2)22/h3-4,11-12,15H,5-10H2,1-2H3,(H2,19,20,23)/t12-/m1/s1. The molecule has 0 radical (unpaired) electrons. The molecular weight excluding hydrogens is 322 g/mol. The molecule has 2 heterocycles. The van der Waals surface area contributed by atoms with Gasteiger partial charge in [0.25, 0.3) is 0 Å². The lowest BCUT2D eigenvalue weighted by Crippen LogP contribution is -2.49. The number of urea groups is 1. The van der Waals surface area contributed by atoms with Crippen molar-refractivity contribution < 1.29 is 19.1 Å². The topological polar surface area (TPSA) is 79.9 Å². The average Bonchev–Trinajstić information content (AvgIpc) is 2.61. The lowest BCUT2D eigenvalue weighted by Gasteiger charge is -2.32. The molecule has 3 amide bonds. The number of carbonyl (C=O) groups is 2. The van der Waals surface area contributed by atoms with E-state index in [1.807, 2.05) is 30.0 Å². The van der Waals surface area contributed by atoms with Gasteiger partial charge in [0.1, 0.15) is 13.2 Å². The molecule has 7 nitrogen and oxygen atoms in total. The summed E-state index contributed by atoms with van der Waals surface area (Å²) in [5, 5.41) is 5.95. The van der Waals surface area contributed by atoms with Crippen LogP contribution in [0, 0.1) is 0 Å². The number of hydrogen-bond acceptors (Lipinski definition) is 4. The van der Waals surface area contributed by atoms with Gasteiger partial charge in [-0.3, -0.25) is 4.79 Å². The number of nitrogens with one attached hydrogen (secondary N) is 2. The highest BCUT2D eigenvalue weighted by Crippen LogP contribution is 2.32. The Morgan fingerprint density at radius 1 is 1.16 bits per heavy atom. The lowest BCUT2D eigenvalue weighted by molar-refractivity contribution is -0.129. The maximum atomic E-state index is 12.2. The van der Waals surface area contributed by atoms with E-state index in [1.165, 1.54) is 0 Å². The van der Waals surface area contributed by atoms with Crippen LogP contribution in [0.25, 0.3) is 0 Å². The Labute approximate surface area is 147 Å². The predicted molar refractivity (Wildman–Crippen MR) is 92.8 cm³/mol. The predicted octanol–water partition coefficient (Wildman–Crippen LogP) is 1.83. The zero-order valence-electron chi connectivity index (χ0n) is 14.7. The zero-order chi connectivity index (χ0) is 17.8. The van der Waals surface area contributed by atoms with E-state index >= 15 is 0 Å². The van der Waals surface area contributed by atoms with Crippen LogP contribution < -0.4 is 20.1 Å². The van der Waals surface area contributed by atoms with E-state index in [0.717, 1.165) is 29.9 Å². The summed E-state index contributed by atoms with van der Waals surface area (Å²) in [6, 6.07) is 5.48. The smallest absolute Gasteiger partial charge is 0.315 e. The summed E-state index contributed by atoms with van der Waals surface area (Å²) < 4.78 is 11.1. The molecule has 0 unspecified atom stereocenters. The van der Waals surface area contributed by atoms with Crippen LogP contribution in [0.4, 0.5) is 4.79 Å². The van der Waals surface area contributed by atoms with Crippen LogP contribution in [-0.2, 0) is 4.79 Å². The summed E-state index contributed by atoms with van der Waals surface area (Å²) >= 11 is 0. The SMILES string of the molecule is CC(=O)N1CCC(NC(=O)N[C@H](C)c2ccc3c(c2)OCCO3)CC1. The summed E-state index contributed by atoms with van der Waals surface area (Å²) in [6.07, 6.45) is 1.57. The fourth-order valence-electron chi connectivity index (χ4n) is 3.18. The van der Waals surface area contributed by atoms with E-state index in [0.29, 0.717) is 26.3 Å². The molecule has 0 bridgehead atoms. The van der Waals surface area contributed by atoms with Crippen molar-refractivity contribution in [1.82, 2.24) is 15.5 Å². The highest BCUT2D eigenvalue weighted by Gasteiger charge is 2.22. The minimum absolute atomic E-state index is 0.0927. The number of nitrogens with zero attached hydrogens (tertiary/aromatic N) is 1. The third-order valence-corrected chi connectivity index (χ3v) is 4.69. The first-order valence-corrected chi connectivity index (χ1v) is 8.75. The van der Waals surface area contributed by atoms with E-state index in [1.54, 1.807) is 6.92 Å². The molecule has 2 aliphatic rings. The first-order valence-electron chi connectivity index (χ1n) is 8.75. The normalized spacial score (nSPS) is 18.4. The molecule has 7 heteroatoms. The Kier molecular flexibility index (Phi) is 5.31. The number of likely N-dealkylation sites (tertiary alicyclic amines) is 1. The van der Waals surface area contributed by atoms with Crippen molar-refractivity contribution in [3.05, 3.63) is 23.8 Å². The van der Waals surface area contributed by atoms with Gasteiger partial charge in [0.15, 0.2) is 11.5 Å². The van der Waals surface area contributed by atoms with Crippen LogP contribution in [0.2, 0.25) is 0 Å². The highest BCUT2D eigenvalue weighted by molar-refractivity contribution is 5.75. The maximum Gasteiger partial charge on any atom is 0.315 e. The van der Waals surface area contributed by atoms with Crippen LogP contribution in [0.3, 0.4) is 0 Å². The van der Waals surface area contributed by atoms with Crippen molar-refractivity contribution in [2.75, 3.05) is 26.3 Å². The van der Waals surface area contributed by atoms with E-state index in [4.69, 9.17) is 9.47 Å². The van der Waals surface area contributed by atoms with Crippen LogP contribution in [0.5, 0.6) is 11.5 Å². The van der Waals surface area contributed by atoms with Crippen molar-refractivity contribution in [1.29, 1.82) is 0 Å². The lowest BCUT2D eigenvalue weighted by atomic mass is 10.1. The monoisotopic (exact) mass is 347 g/mol. The summed E-state index contributed by atoms with van der Waals surface area (Å²) in [6.45, 7) is 6.00. The summed E-state index contributed by atoms with van der Waals surface area (Å²) in [4.78, 5) is 25.4. The number of fused-ring (bicyclic) bond motifs is 1. The number of amides is 3. The van der Waals surface area contributed by atoms with Gasteiger partial charge in [-0.05, 0) is 37.5 Å². The summed E-state index contributed by atoms with van der Waals surface area (Å²) in [7, 11) is 0. The van der Waals surface area contributed by atoms with Gasteiger partial charge >= 0.3 is 6.03 Å². The number of hydrogen-bond donors (Lipinski definition) is 2. The van der Waals surface area contributed by atoms with Crippen molar-refractivity contribution in [3.8, 4) is 11.5 Å². The molecule has 2 N–H and O–H groups in total. The Bertz CT molecular complexity index is 641. The molecule has 0 spiro atoms. The van der Waals surface area contributed by atoms with Gasteiger partial charge in [0, 0.05) is 26.1 Å². The molecule has 0 aliphatic carbocycles. The molecule has 0 aromatic heterocycles. The first-order chi connectivity index (χ1) is 12.0. The summed E-state index contributed by atoms with van der Waals surface area (Å²) in [5.74, 6) is 1.55. The number of ether oxygens (including phenoxy) is 2. The number of piperidine rings is 1. The highest BCUT2D eigenvalue weighted by atomic mass is 16.6. The first kappa shape index (κ1) is 17.4. The molecule has 3 rings (SSSR count). The van der Waals surface area contributed by atoms with Gasteiger partial charge in [-0.1, -0.05) is 6.07 Å². The Hall–Kier alpha value is -2.44. The van der Waals surface area contributed by atoms with Crippen molar-refractivity contribution >= 4 is 11.9 Å².